The summed E-state index contributed by atoms with van der Waals surface area (Å²) in [7, 11) is 0. The molecule has 156 valence electrons. The van der Waals surface area contributed by atoms with Crippen LogP contribution in [0.2, 0.25) is 0 Å². The van der Waals surface area contributed by atoms with Gasteiger partial charge in [-0.15, -0.1) is 6.58 Å². The average molecular weight is 435 g/mol. The van der Waals surface area contributed by atoms with Crippen molar-refractivity contribution in [3.8, 4) is 22.8 Å². The molecule has 0 radical (unpaired) electrons. The second-order valence-corrected chi connectivity index (χ2v) is 8.05. The monoisotopic (exact) mass is 435 g/mol. The van der Waals surface area contributed by atoms with Crippen molar-refractivity contribution < 1.29 is 19.0 Å². The van der Waals surface area contributed by atoms with Crippen LogP contribution in [-0.2, 0) is 4.79 Å². The Kier molecular flexibility index (Phi) is 4.74. The van der Waals surface area contributed by atoms with Crippen LogP contribution >= 0.6 is 11.8 Å². The number of fused-ring (bicyclic) bond motifs is 4. The highest BCUT2D eigenvalue weighted by molar-refractivity contribution is 7.99. The molecule has 0 fully saturated rings. The van der Waals surface area contributed by atoms with Gasteiger partial charge in [0.1, 0.15) is 0 Å². The molecule has 8 nitrogen and oxygen atoms in total. The molecule has 2 aliphatic rings. The van der Waals surface area contributed by atoms with Gasteiger partial charge in [-0.05, 0) is 35.0 Å². The van der Waals surface area contributed by atoms with Gasteiger partial charge >= 0.3 is 11.3 Å². The molecular formula is C22H19N4O4S+. The molecule has 1 atom stereocenters. The van der Waals surface area contributed by atoms with Crippen molar-refractivity contribution in [2.24, 2.45) is 0 Å². The van der Waals surface area contributed by atoms with E-state index in [-0.39, 0.29) is 18.3 Å². The molecule has 3 heterocycles. The van der Waals surface area contributed by atoms with Crippen LogP contribution in [0.5, 0.6) is 11.5 Å². The first kappa shape index (κ1) is 19.4. The van der Waals surface area contributed by atoms with Crippen LogP contribution < -0.4 is 24.6 Å². The second-order valence-electron chi connectivity index (χ2n) is 7.04. The van der Waals surface area contributed by atoms with Crippen molar-refractivity contribution in [3.63, 3.8) is 0 Å². The van der Waals surface area contributed by atoms with E-state index in [1.165, 1.54) is 18.7 Å². The van der Waals surface area contributed by atoms with Crippen molar-refractivity contribution in [1.29, 1.82) is 0 Å². The van der Waals surface area contributed by atoms with Crippen LogP contribution in [0.25, 0.3) is 11.3 Å². The number of carbonyl (C=O) groups is 1. The fraction of sp³-hybridized carbons (Fsp3) is 0.182. The van der Waals surface area contributed by atoms with Crippen LogP contribution in [0.1, 0.15) is 18.7 Å². The number of H-pyrrole nitrogens is 1. The van der Waals surface area contributed by atoms with Crippen molar-refractivity contribution >= 4 is 23.4 Å². The molecular weight excluding hydrogens is 416 g/mol. The van der Waals surface area contributed by atoms with Crippen LogP contribution in [0.4, 0.5) is 5.69 Å². The summed E-state index contributed by atoms with van der Waals surface area (Å²) < 4.78 is 12.6. The molecule has 31 heavy (non-hydrogen) atoms. The Balaban J connectivity index is 1.78. The lowest BCUT2D eigenvalue weighted by molar-refractivity contribution is -0.763. The standard InChI is InChI=1S/C22H18N4O4S/c1-3-10-31-22-23-20(28)19-15-6-4-5-7-16(15)25(13(2)27)21(26(19)24-22)14-8-9-17-18(11-14)30-12-29-17/h3-9,11,21H,1,10,12H2,2H3/p+1/t21-/m1/s1. The quantitative estimate of drug-likeness (QED) is 0.385. The zero-order chi connectivity index (χ0) is 21.5. The Labute approximate surface area is 182 Å². The number of hydrogen-bond donors (Lipinski definition) is 1. The van der Waals surface area contributed by atoms with Crippen molar-refractivity contribution in [1.82, 2.24) is 10.1 Å². The normalized spacial score (nSPS) is 15.9. The van der Waals surface area contributed by atoms with Crippen molar-refractivity contribution in [2.45, 2.75) is 18.2 Å². The molecule has 2 aromatic carbocycles. The SMILES string of the molecule is C=CCSc1n[n+]2c(c(=O)[nH]1)-c1ccccc1N(C(C)=O)[C@H]2c1ccc2c(c1)OCO2. The summed E-state index contributed by atoms with van der Waals surface area (Å²) in [6, 6.07) is 12.8. The highest BCUT2D eigenvalue weighted by Gasteiger charge is 2.45. The van der Waals surface area contributed by atoms with Gasteiger partial charge < -0.3 is 9.47 Å². The minimum absolute atomic E-state index is 0.146. The summed E-state index contributed by atoms with van der Waals surface area (Å²) in [5.74, 6) is 1.65. The Morgan fingerprint density at radius 3 is 2.94 bits per heavy atom. The number of rotatable bonds is 4. The summed E-state index contributed by atoms with van der Waals surface area (Å²) >= 11 is 1.36. The Morgan fingerprint density at radius 1 is 1.32 bits per heavy atom. The van der Waals surface area contributed by atoms with Gasteiger partial charge in [-0.25, -0.2) is 4.90 Å². The first-order valence-electron chi connectivity index (χ1n) is 9.67. The van der Waals surface area contributed by atoms with Gasteiger partial charge in [0.15, 0.2) is 11.5 Å². The van der Waals surface area contributed by atoms with E-state index in [1.807, 2.05) is 36.4 Å². The van der Waals surface area contributed by atoms with E-state index in [1.54, 1.807) is 21.7 Å². The van der Waals surface area contributed by atoms with Crippen LogP contribution in [-0.4, -0.2) is 28.5 Å². The molecule has 5 rings (SSSR count). The zero-order valence-electron chi connectivity index (χ0n) is 16.7. The Morgan fingerprint density at radius 2 is 2.13 bits per heavy atom. The summed E-state index contributed by atoms with van der Waals surface area (Å²) in [4.78, 5) is 30.5. The molecule has 1 aromatic heterocycles. The van der Waals surface area contributed by atoms with E-state index in [9.17, 15) is 9.59 Å². The molecule has 0 saturated heterocycles. The van der Waals surface area contributed by atoms with Gasteiger partial charge in [0, 0.05) is 23.3 Å². The molecule has 0 unspecified atom stereocenters. The maximum atomic E-state index is 13.1. The third-order valence-corrected chi connectivity index (χ3v) is 5.99. The molecule has 2 aliphatic heterocycles. The van der Waals surface area contributed by atoms with E-state index in [2.05, 4.69) is 11.6 Å². The Bertz CT molecular complexity index is 1270. The predicted octanol–water partition coefficient (Wildman–Crippen LogP) is 2.64. The number of anilines is 1. The van der Waals surface area contributed by atoms with Gasteiger partial charge in [-0.1, -0.05) is 30.0 Å². The molecule has 0 saturated carbocycles. The number of amides is 1. The fourth-order valence-electron chi connectivity index (χ4n) is 3.89. The summed E-state index contributed by atoms with van der Waals surface area (Å²) in [5.41, 5.74) is 2.15. The molecule has 9 heteroatoms. The number of para-hydroxylation sites is 1. The molecule has 0 spiro atoms. The fourth-order valence-corrected chi connectivity index (χ4v) is 4.48. The maximum absolute atomic E-state index is 13.1. The highest BCUT2D eigenvalue weighted by atomic mass is 32.2. The van der Waals surface area contributed by atoms with Crippen molar-refractivity contribution in [2.75, 3.05) is 17.4 Å². The molecule has 1 N–H and O–H groups in total. The van der Waals surface area contributed by atoms with Crippen molar-refractivity contribution in [3.05, 3.63) is 71.0 Å². The van der Waals surface area contributed by atoms with Crippen LogP contribution in [0.3, 0.4) is 0 Å². The van der Waals surface area contributed by atoms with E-state index in [0.29, 0.717) is 39.4 Å². The van der Waals surface area contributed by atoms with E-state index >= 15 is 0 Å². The van der Waals surface area contributed by atoms with Gasteiger partial charge in [0.05, 0.1) is 11.3 Å². The third-order valence-electron chi connectivity index (χ3n) is 5.13. The van der Waals surface area contributed by atoms with E-state index < -0.39 is 6.17 Å². The highest BCUT2D eigenvalue weighted by Crippen LogP contribution is 2.40. The van der Waals surface area contributed by atoms with E-state index in [4.69, 9.17) is 14.6 Å². The topological polar surface area (TPSA) is 88.4 Å². The van der Waals surface area contributed by atoms with Crippen LogP contribution in [0, 0.1) is 0 Å². The molecule has 0 bridgehead atoms. The molecule has 1 amide bonds. The lowest BCUT2D eigenvalue weighted by Crippen LogP contribution is -2.60. The van der Waals surface area contributed by atoms with Gasteiger partial charge in [0.2, 0.25) is 17.9 Å². The maximum Gasteiger partial charge on any atom is 0.325 e. The number of thioether (sulfide) groups is 1. The van der Waals surface area contributed by atoms with Gasteiger partial charge in [0.25, 0.3) is 6.17 Å². The first-order chi connectivity index (χ1) is 15.1. The Hall–Kier alpha value is -3.59. The summed E-state index contributed by atoms with van der Waals surface area (Å²) in [5, 5.41) is 5.15. The molecule has 3 aromatic rings. The lowest BCUT2D eigenvalue weighted by atomic mass is 10.0. The largest absolute Gasteiger partial charge is 0.454 e. The number of aromatic amines is 1. The van der Waals surface area contributed by atoms with Gasteiger partial charge in [-0.2, -0.15) is 0 Å². The van der Waals surface area contributed by atoms with Crippen LogP contribution in [0.15, 0.2) is 65.1 Å². The number of hydrogen-bond acceptors (Lipinski definition) is 6. The predicted molar refractivity (Wildman–Crippen MR) is 115 cm³/mol. The number of aromatic nitrogens is 3. The number of ether oxygens (including phenoxy) is 2. The number of benzene rings is 2. The van der Waals surface area contributed by atoms with Gasteiger partial charge in [-0.3, -0.25) is 14.6 Å². The lowest BCUT2D eigenvalue weighted by Gasteiger charge is -2.31. The number of nitrogens with zero attached hydrogens (tertiary/aromatic N) is 3. The summed E-state index contributed by atoms with van der Waals surface area (Å²) in [6.45, 7) is 5.37. The summed E-state index contributed by atoms with van der Waals surface area (Å²) in [6.07, 6.45) is 1.07. The second kappa shape index (κ2) is 7.59. The molecule has 0 aliphatic carbocycles. The number of carbonyl (C=O) groups excluding carboxylic acids is 1. The minimum atomic E-state index is -0.665. The first-order valence-corrected chi connectivity index (χ1v) is 10.7. The smallest absolute Gasteiger partial charge is 0.325 e. The zero-order valence-corrected chi connectivity index (χ0v) is 17.5. The average Bonchev–Trinajstić information content (AvgIpc) is 3.24. The van der Waals surface area contributed by atoms with E-state index in [0.717, 1.165) is 5.56 Å². The third kappa shape index (κ3) is 3.17. The number of nitrogens with one attached hydrogen (secondary N) is 1. The minimum Gasteiger partial charge on any atom is -0.454 e.